The Bertz CT molecular complexity index is 152. The lowest BCUT2D eigenvalue weighted by molar-refractivity contribution is -0.127. The predicted octanol–water partition coefficient (Wildman–Crippen LogP) is 1.82. The Morgan fingerprint density at radius 2 is 2.09 bits per heavy atom. The van der Waals surface area contributed by atoms with Crippen molar-refractivity contribution in [3.05, 3.63) is 12.2 Å². The van der Waals surface area contributed by atoms with Crippen molar-refractivity contribution < 1.29 is 4.79 Å². The lowest BCUT2D eigenvalue weighted by atomic mass is 10.3. The van der Waals surface area contributed by atoms with E-state index >= 15 is 0 Å². The molecule has 0 unspecified atom stereocenters. The molecule has 2 nitrogen and oxygen atoms in total. The monoisotopic (exact) mass is 155 g/mol. The van der Waals surface area contributed by atoms with Crippen molar-refractivity contribution in [2.75, 3.05) is 13.1 Å². The predicted molar refractivity (Wildman–Crippen MR) is 47.4 cm³/mol. The van der Waals surface area contributed by atoms with Gasteiger partial charge in [0.2, 0.25) is 5.91 Å². The van der Waals surface area contributed by atoms with E-state index in [1.807, 2.05) is 18.7 Å². The lowest BCUT2D eigenvalue weighted by Gasteiger charge is -2.10. The third-order valence-corrected chi connectivity index (χ3v) is 1.60. The van der Waals surface area contributed by atoms with E-state index in [4.69, 9.17) is 0 Å². The van der Waals surface area contributed by atoms with Crippen molar-refractivity contribution in [1.29, 1.82) is 0 Å². The average Bonchev–Trinajstić information content (AvgIpc) is 2.40. The Kier molecular flexibility index (Phi) is 4.59. The molecule has 0 aromatic heterocycles. The minimum absolute atomic E-state index is 0.161. The molecule has 1 fully saturated rings. The van der Waals surface area contributed by atoms with Gasteiger partial charge in [-0.3, -0.25) is 4.79 Å². The summed E-state index contributed by atoms with van der Waals surface area (Å²) in [6, 6.07) is 0. The van der Waals surface area contributed by atoms with Crippen LogP contribution in [-0.2, 0) is 4.79 Å². The molecule has 0 saturated carbocycles. The Morgan fingerprint density at radius 3 is 2.27 bits per heavy atom. The number of likely N-dealkylation sites (tertiary alicyclic amines) is 1. The maximum Gasteiger partial charge on any atom is 0.219 e. The van der Waals surface area contributed by atoms with Gasteiger partial charge in [0.1, 0.15) is 0 Å². The second kappa shape index (κ2) is 4.94. The molecule has 0 aromatic rings. The van der Waals surface area contributed by atoms with E-state index in [0.717, 1.165) is 19.5 Å². The Morgan fingerprint density at radius 1 is 1.55 bits per heavy atom. The highest BCUT2D eigenvalue weighted by atomic mass is 16.2. The highest BCUT2D eigenvalue weighted by Crippen LogP contribution is 2.11. The summed E-state index contributed by atoms with van der Waals surface area (Å²) in [6.07, 6.45) is 0.986. The summed E-state index contributed by atoms with van der Waals surface area (Å²) in [6.45, 7) is 11.0. The molecule has 0 spiro atoms. The molecule has 1 aliphatic rings. The molecule has 0 atom stereocenters. The minimum Gasteiger partial charge on any atom is -0.339 e. The SMILES string of the molecule is C=C1CCN(C(C)=O)C1.CC. The molecule has 11 heavy (non-hydrogen) atoms. The molecule has 1 rings (SSSR count). The number of nitrogens with zero attached hydrogens (tertiary/aromatic N) is 1. The number of hydrogen-bond donors (Lipinski definition) is 0. The fraction of sp³-hybridized carbons (Fsp3) is 0.667. The summed E-state index contributed by atoms with van der Waals surface area (Å²) in [5.74, 6) is 0.161. The first-order valence-electron chi connectivity index (χ1n) is 4.12. The third kappa shape index (κ3) is 3.21. The second-order valence-electron chi connectivity index (χ2n) is 2.44. The van der Waals surface area contributed by atoms with Gasteiger partial charge in [0.15, 0.2) is 0 Å². The largest absolute Gasteiger partial charge is 0.339 e. The minimum atomic E-state index is 0.161. The maximum absolute atomic E-state index is 10.7. The van der Waals surface area contributed by atoms with E-state index in [2.05, 4.69) is 6.58 Å². The van der Waals surface area contributed by atoms with Crippen molar-refractivity contribution in [2.24, 2.45) is 0 Å². The molecule has 0 aromatic carbocycles. The van der Waals surface area contributed by atoms with Crippen LogP contribution in [0.3, 0.4) is 0 Å². The summed E-state index contributed by atoms with van der Waals surface area (Å²) >= 11 is 0. The first-order valence-corrected chi connectivity index (χ1v) is 4.12. The smallest absolute Gasteiger partial charge is 0.219 e. The van der Waals surface area contributed by atoms with E-state index in [1.165, 1.54) is 5.57 Å². The van der Waals surface area contributed by atoms with Crippen molar-refractivity contribution in [3.8, 4) is 0 Å². The van der Waals surface area contributed by atoms with Crippen LogP contribution in [0.15, 0.2) is 12.2 Å². The number of carbonyl (C=O) groups is 1. The first kappa shape index (κ1) is 10.2. The molecule has 2 heteroatoms. The van der Waals surface area contributed by atoms with Crippen LogP contribution in [0.5, 0.6) is 0 Å². The topological polar surface area (TPSA) is 20.3 Å². The first-order chi connectivity index (χ1) is 5.20. The lowest BCUT2D eigenvalue weighted by Crippen LogP contribution is -2.24. The van der Waals surface area contributed by atoms with E-state index in [1.54, 1.807) is 6.92 Å². The molecule has 0 radical (unpaired) electrons. The van der Waals surface area contributed by atoms with Crippen LogP contribution in [0, 0.1) is 0 Å². The molecule has 0 N–H and O–H groups in total. The molecule has 1 aliphatic heterocycles. The Balaban J connectivity index is 0.000000461. The quantitative estimate of drug-likeness (QED) is 0.489. The summed E-state index contributed by atoms with van der Waals surface area (Å²) in [5, 5.41) is 0. The number of amides is 1. The van der Waals surface area contributed by atoms with Gasteiger partial charge in [-0.2, -0.15) is 0 Å². The van der Waals surface area contributed by atoms with Crippen LogP contribution in [-0.4, -0.2) is 23.9 Å². The zero-order chi connectivity index (χ0) is 8.85. The highest BCUT2D eigenvalue weighted by Gasteiger charge is 2.15. The van der Waals surface area contributed by atoms with Gasteiger partial charge < -0.3 is 4.90 Å². The van der Waals surface area contributed by atoms with Crippen LogP contribution in [0.25, 0.3) is 0 Å². The van der Waals surface area contributed by atoms with E-state index in [0.29, 0.717) is 0 Å². The van der Waals surface area contributed by atoms with E-state index in [-0.39, 0.29) is 5.91 Å². The highest BCUT2D eigenvalue weighted by molar-refractivity contribution is 5.74. The van der Waals surface area contributed by atoms with Gasteiger partial charge in [-0.25, -0.2) is 0 Å². The van der Waals surface area contributed by atoms with Gasteiger partial charge >= 0.3 is 0 Å². The average molecular weight is 155 g/mol. The maximum atomic E-state index is 10.7. The van der Waals surface area contributed by atoms with Gasteiger partial charge in [0.05, 0.1) is 0 Å². The summed E-state index contributed by atoms with van der Waals surface area (Å²) in [7, 11) is 0. The van der Waals surface area contributed by atoms with Crippen LogP contribution in [0.1, 0.15) is 27.2 Å². The van der Waals surface area contributed by atoms with Gasteiger partial charge in [-0.05, 0) is 6.42 Å². The molecule has 0 bridgehead atoms. The van der Waals surface area contributed by atoms with Crippen molar-refractivity contribution in [3.63, 3.8) is 0 Å². The van der Waals surface area contributed by atoms with Crippen LogP contribution < -0.4 is 0 Å². The van der Waals surface area contributed by atoms with Crippen molar-refractivity contribution in [2.45, 2.75) is 27.2 Å². The summed E-state index contributed by atoms with van der Waals surface area (Å²) < 4.78 is 0. The number of rotatable bonds is 0. The van der Waals surface area contributed by atoms with Crippen LogP contribution in [0.2, 0.25) is 0 Å². The van der Waals surface area contributed by atoms with Gasteiger partial charge in [0.25, 0.3) is 0 Å². The van der Waals surface area contributed by atoms with Gasteiger partial charge in [-0.15, -0.1) is 0 Å². The van der Waals surface area contributed by atoms with E-state index < -0.39 is 0 Å². The Labute approximate surface area is 68.9 Å². The fourth-order valence-corrected chi connectivity index (χ4v) is 0.990. The molecule has 1 amide bonds. The molecular formula is C9H17NO. The standard InChI is InChI=1S/C7H11NO.C2H6/c1-6-3-4-8(5-6)7(2)9;1-2/h1,3-5H2,2H3;1-2H3. The van der Waals surface area contributed by atoms with Crippen molar-refractivity contribution in [1.82, 2.24) is 4.90 Å². The third-order valence-electron chi connectivity index (χ3n) is 1.60. The molecule has 0 aliphatic carbocycles. The van der Waals surface area contributed by atoms with Crippen LogP contribution in [0.4, 0.5) is 0 Å². The zero-order valence-corrected chi connectivity index (χ0v) is 7.68. The van der Waals surface area contributed by atoms with Crippen molar-refractivity contribution >= 4 is 5.91 Å². The summed E-state index contributed by atoms with van der Waals surface area (Å²) in [4.78, 5) is 12.5. The zero-order valence-electron chi connectivity index (χ0n) is 7.68. The summed E-state index contributed by atoms with van der Waals surface area (Å²) in [5.41, 5.74) is 1.17. The molecule has 1 saturated heterocycles. The van der Waals surface area contributed by atoms with Gasteiger partial charge in [0, 0.05) is 20.0 Å². The molecular weight excluding hydrogens is 138 g/mol. The Hall–Kier alpha value is -0.790. The van der Waals surface area contributed by atoms with Crippen LogP contribution >= 0.6 is 0 Å². The normalized spacial score (nSPS) is 15.9. The van der Waals surface area contributed by atoms with Gasteiger partial charge in [-0.1, -0.05) is 26.0 Å². The number of carbonyl (C=O) groups excluding carboxylic acids is 1. The second-order valence-corrected chi connectivity index (χ2v) is 2.44. The molecule has 64 valence electrons. The molecule has 1 heterocycles. The fourth-order valence-electron chi connectivity index (χ4n) is 0.990. The van der Waals surface area contributed by atoms with E-state index in [9.17, 15) is 4.79 Å². The number of hydrogen-bond acceptors (Lipinski definition) is 1.